The molecule has 5 aromatic carbocycles. The summed E-state index contributed by atoms with van der Waals surface area (Å²) in [7, 11) is -2.60. The first-order valence-electron chi connectivity index (χ1n) is 31.4. The topological polar surface area (TPSA) is 301 Å². The molecule has 0 bridgehead atoms. The van der Waals surface area contributed by atoms with Crippen LogP contribution in [0.3, 0.4) is 0 Å². The molecule has 5 N–H and O–H groups in total. The van der Waals surface area contributed by atoms with Gasteiger partial charge in [-0.3, -0.25) is 18.9 Å². The van der Waals surface area contributed by atoms with Crippen molar-refractivity contribution in [1.82, 2.24) is 9.80 Å². The molecule has 8 atom stereocenters. The number of benzene rings is 5. The number of hydrogen-bond acceptors (Lipinski definition) is 21. The molecule has 1 fully saturated rings. The fraction of sp³-hybridized carbons (Fsp3) is 0.406. The maximum atomic E-state index is 14.4. The number of ether oxygens (including phenoxy) is 6. The first kappa shape index (κ1) is 68.3. The van der Waals surface area contributed by atoms with Crippen molar-refractivity contribution in [2.24, 2.45) is 5.92 Å². The van der Waals surface area contributed by atoms with Crippen LogP contribution < -0.4 is 32.1 Å². The molecular formula is C69H76N3O20S4+. The zero-order valence-electron chi connectivity index (χ0n) is 53.6. The summed E-state index contributed by atoms with van der Waals surface area (Å²) < 4.78 is 112. The normalized spacial score (nSPS) is 21.7. The number of fused-ring (bicyclic) bond motifs is 6. The van der Waals surface area contributed by atoms with Crippen molar-refractivity contribution in [1.29, 1.82) is 0 Å². The number of nitrogens with zero attached hydrogens (tertiary/aromatic N) is 3. The Morgan fingerprint density at radius 2 is 1.24 bits per heavy atom. The first-order valence-corrected chi connectivity index (χ1v) is 36.0. The van der Waals surface area contributed by atoms with Crippen LogP contribution in [-0.4, -0.2) is 157 Å². The van der Waals surface area contributed by atoms with E-state index in [2.05, 4.69) is 11.4 Å². The highest BCUT2D eigenvalue weighted by Gasteiger charge is 2.47. The molecule has 27 heteroatoms. The number of quaternary nitrogens is 1. The van der Waals surface area contributed by atoms with Crippen molar-refractivity contribution < 1.29 is 97.5 Å². The van der Waals surface area contributed by atoms with Gasteiger partial charge < -0.3 is 71.5 Å². The maximum absolute atomic E-state index is 14.4. The van der Waals surface area contributed by atoms with Crippen LogP contribution in [0.2, 0.25) is 0 Å². The highest BCUT2D eigenvalue weighted by atomic mass is 32.3. The molecule has 5 aliphatic rings. The van der Waals surface area contributed by atoms with E-state index in [4.69, 9.17) is 36.8 Å². The van der Waals surface area contributed by atoms with Gasteiger partial charge in [-0.05, 0) is 166 Å². The molecular weight excluding hydrogens is 1320 g/mol. The van der Waals surface area contributed by atoms with Gasteiger partial charge in [-0.1, -0.05) is 13.8 Å². The van der Waals surface area contributed by atoms with E-state index in [0.717, 1.165) is 51.6 Å². The van der Waals surface area contributed by atoms with Crippen LogP contribution in [0.15, 0.2) is 108 Å². The number of amides is 2. The Hall–Kier alpha value is -7.67. The average Bonchev–Trinajstić information content (AvgIpc) is 1.59. The molecule has 5 aliphatic heterocycles. The Morgan fingerprint density at radius 1 is 0.646 bits per heavy atom. The van der Waals surface area contributed by atoms with Crippen LogP contribution in [-0.2, 0) is 90.3 Å². The third-order valence-corrected chi connectivity index (χ3v) is 22.1. The van der Waals surface area contributed by atoms with Crippen LogP contribution >= 0.6 is 22.7 Å². The van der Waals surface area contributed by atoms with Gasteiger partial charge in [0.2, 0.25) is 6.29 Å². The number of thiophene rings is 2. The molecule has 1 saturated heterocycles. The van der Waals surface area contributed by atoms with Gasteiger partial charge >= 0.3 is 10.4 Å². The van der Waals surface area contributed by atoms with Crippen LogP contribution in [0.4, 0.5) is 0 Å². The van der Waals surface area contributed by atoms with Crippen LogP contribution in [0, 0.1) is 5.92 Å². The number of carbonyl (C=O) groups excluding carboxylic acids is 3. The van der Waals surface area contributed by atoms with E-state index in [1.54, 1.807) is 41.7 Å². The van der Waals surface area contributed by atoms with Crippen molar-refractivity contribution in [3.63, 3.8) is 0 Å². The number of ketones is 1. The van der Waals surface area contributed by atoms with Gasteiger partial charge in [-0.15, -0.1) is 31.1 Å². The molecule has 0 saturated carbocycles. The number of methoxy groups -OCH3 is 2. The number of aryl methyl sites for hydroxylation is 1. The summed E-state index contributed by atoms with van der Waals surface area (Å²) in [5.74, 6) is -0.442. The Labute approximate surface area is 564 Å². The summed E-state index contributed by atoms with van der Waals surface area (Å²) in [6.07, 6.45) is -5.91. The Balaban J connectivity index is 0.788. The second-order valence-electron chi connectivity index (χ2n) is 26.1. The number of Topliss-reactive ketones (excluding diaryl/α,β-unsaturated/α-hetero) is 1. The van der Waals surface area contributed by atoms with Crippen LogP contribution in [0.25, 0.3) is 0 Å². The third-order valence-electron chi connectivity index (χ3n) is 18.1. The average molecular weight is 1400 g/mol. The number of carbonyl (C=O) groups is 3. The summed E-state index contributed by atoms with van der Waals surface area (Å²) in [6.45, 7) is 4.58. The number of aliphatic hydroxyl groups excluding tert-OH is 4. The second kappa shape index (κ2) is 27.7. The van der Waals surface area contributed by atoms with Gasteiger partial charge in [-0.2, -0.15) is 8.42 Å². The van der Waals surface area contributed by atoms with Crippen LogP contribution in [0.5, 0.6) is 40.2 Å². The number of aliphatic hydroxyl groups is 4. The fourth-order valence-corrected chi connectivity index (χ4v) is 17.1. The van der Waals surface area contributed by atoms with Gasteiger partial charge in [0.05, 0.1) is 41.0 Å². The molecule has 1 unspecified atom stereocenters. The van der Waals surface area contributed by atoms with Gasteiger partial charge in [0.25, 0.3) is 21.9 Å². The molecule has 510 valence electrons. The minimum Gasteiger partial charge on any atom is -0.493 e. The van der Waals surface area contributed by atoms with Crippen molar-refractivity contribution in [3.8, 4) is 40.2 Å². The zero-order valence-corrected chi connectivity index (χ0v) is 56.9. The lowest BCUT2D eigenvalue weighted by Gasteiger charge is -2.39. The van der Waals surface area contributed by atoms with E-state index in [0.29, 0.717) is 58.7 Å². The predicted octanol–water partition coefficient (Wildman–Crippen LogP) is 7.76. The van der Waals surface area contributed by atoms with Gasteiger partial charge in [-0.25, -0.2) is 0 Å². The molecule has 96 heavy (non-hydrogen) atoms. The van der Waals surface area contributed by atoms with E-state index in [1.807, 2.05) is 68.6 Å². The van der Waals surface area contributed by atoms with Crippen molar-refractivity contribution in [2.45, 2.75) is 140 Å². The van der Waals surface area contributed by atoms with E-state index in [-0.39, 0.29) is 103 Å². The number of hydrogen-bond donors (Lipinski definition) is 5. The largest absolute Gasteiger partial charge is 0.501 e. The first-order chi connectivity index (χ1) is 45.7. The van der Waals surface area contributed by atoms with E-state index in [9.17, 15) is 56.2 Å². The zero-order chi connectivity index (χ0) is 68.1. The predicted molar refractivity (Wildman–Crippen MR) is 353 cm³/mol. The van der Waals surface area contributed by atoms with Crippen molar-refractivity contribution in [3.05, 3.63) is 179 Å². The molecule has 7 aromatic rings. The summed E-state index contributed by atoms with van der Waals surface area (Å²) in [5, 5.41) is 43.9. The standard InChI is InChI=1S/C69H75N3O20S4/c1-38(2)19-53(74)44-10-14-54(89-69-66(77)65(76)64(75)60(35-73)90-69)59(24-44)92-96(83,84)91-49-12-7-39(8-13-49)33-72(3,4)34-40-20-41(36-87-57-23-43-9-11-48-27-61-45(15-17-93-61)31-70(48)67(78)50(43)28-55(57)85-5)22-42(21-40)37-88-58-25-47-26-63(95(80,81)82)52-30-62-46(16-18-94-62)32-71(52)68(79)51(47)29-56(58)86-6/h7-8,10,12-18,20-25,28-29,38,48,52,60,63-66,69,73,75-77H,9,11,19,26-27,30-37H2,1-6H3/p+1/t48-,52+,60-,63-,64+,65+,66-,69?/m1/s1. The van der Waals surface area contributed by atoms with E-state index >= 15 is 0 Å². The quantitative estimate of drug-likeness (QED) is 0.0232. The third kappa shape index (κ3) is 14.8. The van der Waals surface area contributed by atoms with Crippen molar-refractivity contribution in [2.75, 3.05) is 34.9 Å². The molecule has 7 heterocycles. The molecule has 23 nitrogen and oxygen atoms in total. The summed E-state index contributed by atoms with van der Waals surface area (Å²) >= 11 is 3.21. The van der Waals surface area contributed by atoms with Gasteiger partial charge in [0, 0.05) is 76.0 Å². The highest BCUT2D eigenvalue weighted by molar-refractivity contribution is 7.86. The van der Waals surface area contributed by atoms with Crippen molar-refractivity contribution >= 4 is 60.8 Å². The molecule has 2 aromatic heterocycles. The lowest BCUT2D eigenvalue weighted by Crippen LogP contribution is -2.60. The minimum absolute atomic E-state index is 0.0229. The molecule has 0 radical (unpaired) electrons. The Bertz CT molecular complexity index is 4320. The fourth-order valence-electron chi connectivity index (χ4n) is 13.5. The second-order valence-corrected chi connectivity index (χ2v) is 30.8. The smallest absolute Gasteiger partial charge is 0.493 e. The SMILES string of the molecule is COc1cc2c(cc1OCc1cc(COc3cc4c(cc3OC)C(=O)N3Cc5ccsc5C[C@H]3[C@H](S(=O)(=O)O)C4)cc(C[N+](C)(C)Cc3ccc(OS(=O)(=O)Oc4cc(C(=O)CC(C)C)ccc4OC4O[C@H](CO)[C@H](O)[C@H](O)[C@H]4O)cc3)c1)CC[C@@H]1Cc3sccc3CN1C2=O. The molecule has 2 amide bonds. The summed E-state index contributed by atoms with van der Waals surface area (Å²) in [4.78, 5) is 47.6. The Kier molecular flexibility index (Phi) is 19.7. The maximum Gasteiger partial charge on any atom is 0.501 e. The van der Waals surface area contributed by atoms with E-state index < -0.39 is 74.9 Å². The lowest BCUT2D eigenvalue weighted by molar-refractivity contribution is -0.916. The Morgan fingerprint density at radius 3 is 1.86 bits per heavy atom. The van der Waals surface area contributed by atoms with E-state index in [1.165, 1.54) is 65.2 Å². The number of rotatable bonds is 23. The van der Waals surface area contributed by atoms with Gasteiger partial charge in [0.1, 0.15) is 61.7 Å². The summed E-state index contributed by atoms with van der Waals surface area (Å²) in [5.41, 5.74) is 7.39. The van der Waals surface area contributed by atoms with Crippen LogP contribution in [0.1, 0.15) is 112 Å². The minimum atomic E-state index is -4.98. The highest BCUT2D eigenvalue weighted by Crippen LogP contribution is 2.43. The molecule has 0 aliphatic carbocycles. The lowest BCUT2D eigenvalue weighted by atomic mass is 9.97. The molecule has 12 rings (SSSR count). The molecule has 0 spiro atoms. The monoisotopic (exact) mass is 1390 g/mol. The summed E-state index contributed by atoms with van der Waals surface area (Å²) in [6, 6.07) is 26.1. The van der Waals surface area contributed by atoms with Gasteiger partial charge in [0.15, 0.2) is 40.3 Å².